The maximum Gasteiger partial charge on any atom is 0.418 e. The Hall–Kier alpha value is -5.95. The van der Waals surface area contributed by atoms with Crippen LogP contribution in [0.25, 0.3) is 27.6 Å². The summed E-state index contributed by atoms with van der Waals surface area (Å²) < 4.78 is 168. The summed E-state index contributed by atoms with van der Waals surface area (Å²) in [7, 11) is -2.61. The molecule has 5 heterocycles. The second-order valence-electron chi connectivity index (χ2n) is 18.0. The molecule has 2 aromatic carbocycles. The molecule has 2 N–H and O–H groups in total. The number of sulfonamides is 1. The quantitative estimate of drug-likeness (QED) is 0.125. The SMILES string of the molecule is Cn1nc(NS(C)(=O)=O)c2c(Cl)ccc(-n3c([C@H](Cc4cc(F)cc(F)c4)NC(=O)Cn4nc(C(F)F)c5c4C(F)(F)[C@@H]4C[C@H]54)nc4nc(N5CC(C)(C)OC(C)(C(F)(F)F)C5)ccc4c3=O)c21. The van der Waals surface area contributed by atoms with Gasteiger partial charge in [0.25, 0.3) is 17.9 Å². The molecule has 1 amide bonds. The van der Waals surface area contributed by atoms with Crippen molar-refractivity contribution in [3.05, 3.63) is 97.8 Å². The standard InChI is InChI=1S/C42H38ClF9N10O5S/c1-39(2)16-60(17-40(3,67-39)42(50,51)52)27-9-6-21-35(54-27)55-37(62(38(21)64)26-8-7-24(43)30-32(26)59(4)57-36(30)58-68(5,65)66)25(12-18-10-19(44)13-20(45)11-18)53-28(63)15-61-33-29(31(56-61)34(46)47)22-14-23(22)41(33,48)49/h6-11,13,22-23,25,34H,12,14-17H2,1-5H3,(H,53,63)(H,57,58)/t22-,23+,25-,40?/m0/s1. The number of carbonyl (C=O) groups is 1. The normalized spacial score (nSPS) is 21.3. The third-order valence-corrected chi connectivity index (χ3v) is 13.0. The van der Waals surface area contributed by atoms with Gasteiger partial charge in [-0.25, -0.2) is 35.9 Å². The molecular formula is C42H38ClF9N10O5S. The fourth-order valence-electron chi connectivity index (χ4n) is 9.49. The molecule has 4 aromatic heterocycles. The van der Waals surface area contributed by atoms with E-state index in [1.54, 1.807) is 0 Å². The van der Waals surface area contributed by atoms with E-state index in [2.05, 4.69) is 25.2 Å². The first kappa shape index (κ1) is 47.1. The Morgan fingerprint density at radius 2 is 1.71 bits per heavy atom. The average molecular weight is 1000 g/mol. The van der Waals surface area contributed by atoms with Crippen molar-refractivity contribution in [1.82, 2.24) is 39.4 Å². The van der Waals surface area contributed by atoms with E-state index < -0.39 is 123 Å². The molecule has 6 aromatic rings. The molecule has 1 unspecified atom stereocenters. The fraction of sp³-hybridized carbons (Fsp3) is 0.429. The minimum Gasteiger partial charge on any atom is -0.356 e. The Labute approximate surface area is 384 Å². The number of carbonyl (C=O) groups excluding carboxylic acids is 1. The molecule has 15 nitrogen and oxygen atoms in total. The van der Waals surface area contributed by atoms with Crippen LogP contribution in [-0.4, -0.2) is 85.1 Å². The van der Waals surface area contributed by atoms with E-state index in [0.29, 0.717) is 10.7 Å². The van der Waals surface area contributed by atoms with Gasteiger partial charge in [0.15, 0.2) is 17.1 Å². The Bertz CT molecular complexity index is 3250. The molecule has 1 saturated carbocycles. The number of hydrogen-bond acceptors (Lipinski definition) is 10. The highest BCUT2D eigenvalue weighted by Crippen LogP contribution is 2.68. The van der Waals surface area contributed by atoms with Gasteiger partial charge in [0.2, 0.25) is 15.9 Å². The largest absolute Gasteiger partial charge is 0.418 e. The lowest BCUT2D eigenvalue weighted by molar-refractivity contribution is -0.302. The van der Waals surface area contributed by atoms with E-state index in [1.165, 1.54) is 54.7 Å². The number of rotatable bonds is 11. The van der Waals surface area contributed by atoms with Gasteiger partial charge < -0.3 is 15.0 Å². The third-order valence-electron chi connectivity index (χ3n) is 12.1. The number of benzene rings is 2. The minimum absolute atomic E-state index is 0.00554. The molecule has 0 bridgehead atoms. The molecular weight excluding hydrogens is 963 g/mol. The van der Waals surface area contributed by atoms with Crippen LogP contribution in [-0.2, 0) is 45.5 Å². The van der Waals surface area contributed by atoms with Crippen LogP contribution in [0.1, 0.15) is 73.9 Å². The maximum absolute atomic E-state index is 15.6. The zero-order valence-electron chi connectivity index (χ0n) is 36.2. The summed E-state index contributed by atoms with van der Waals surface area (Å²) in [6.45, 7) is 1.81. The molecule has 1 aliphatic heterocycles. The molecule has 1 saturated heterocycles. The lowest BCUT2D eigenvalue weighted by atomic mass is 9.96. The molecule has 4 atom stereocenters. The number of morpholine rings is 1. The first-order valence-electron chi connectivity index (χ1n) is 20.7. The maximum atomic E-state index is 15.6. The van der Waals surface area contributed by atoms with Crippen molar-refractivity contribution in [3.8, 4) is 5.69 Å². The molecule has 68 heavy (non-hydrogen) atoms. The Kier molecular flexibility index (Phi) is 10.9. The number of alkyl halides is 7. The van der Waals surface area contributed by atoms with Crippen molar-refractivity contribution in [2.24, 2.45) is 13.0 Å². The van der Waals surface area contributed by atoms with Crippen molar-refractivity contribution in [2.75, 3.05) is 29.0 Å². The smallest absolute Gasteiger partial charge is 0.356 e. The van der Waals surface area contributed by atoms with Crippen molar-refractivity contribution in [1.29, 1.82) is 0 Å². The summed E-state index contributed by atoms with van der Waals surface area (Å²) in [5.41, 5.74) is -7.84. The van der Waals surface area contributed by atoms with Crippen molar-refractivity contribution < 1.29 is 57.5 Å². The van der Waals surface area contributed by atoms with Crippen LogP contribution in [0.3, 0.4) is 0 Å². The number of nitrogens with one attached hydrogen (secondary N) is 2. The van der Waals surface area contributed by atoms with Gasteiger partial charge in [-0.1, -0.05) is 11.6 Å². The van der Waals surface area contributed by atoms with Gasteiger partial charge in [-0.15, -0.1) is 0 Å². The van der Waals surface area contributed by atoms with Gasteiger partial charge in [0, 0.05) is 37.6 Å². The highest BCUT2D eigenvalue weighted by molar-refractivity contribution is 7.92. The first-order chi connectivity index (χ1) is 31.6. The van der Waals surface area contributed by atoms with Crippen molar-refractivity contribution in [3.63, 3.8) is 0 Å². The van der Waals surface area contributed by atoms with E-state index in [4.69, 9.17) is 21.3 Å². The molecule has 2 fully saturated rings. The summed E-state index contributed by atoms with van der Waals surface area (Å²) in [5.74, 6) is -9.91. The lowest BCUT2D eigenvalue weighted by Gasteiger charge is -2.49. The topological polar surface area (TPSA) is 171 Å². The van der Waals surface area contributed by atoms with Crippen LogP contribution in [0.2, 0.25) is 5.02 Å². The number of aryl methyl sites for hydroxylation is 1. The Morgan fingerprint density at radius 1 is 1.01 bits per heavy atom. The highest BCUT2D eigenvalue weighted by atomic mass is 35.5. The van der Waals surface area contributed by atoms with Crippen molar-refractivity contribution in [2.45, 2.75) is 81.8 Å². The number of nitrogens with zero attached hydrogens (tertiary/aromatic N) is 8. The summed E-state index contributed by atoms with van der Waals surface area (Å²) in [4.78, 5) is 39.8. The summed E-state index contributed by atoms with van der Waals surface area (Å²) in [6, 6.07) is 5.77. The van der Waals surface area contributed by atoms with Crippen LogP contribution in [0, 0.1) is 17.6 Å². The predicted molar refractivity (Wildman–Crippen MR) is 228 cm³/mol. The number of aromatic nitrogens is 7. The number of amides is 1. The van der Waals surface area contributed by atoms with Gasteiger partial charge in [0.1, 0.15) is 41.2 Å². The van der Waals surface area contributed by atoms with Crippen LogP contribution in [0.4, 0.5) is 51.1 Å². The van der Waals surface area contributed by atoms with Gasteiger partial charge in [0.05, 0.1) is 51.4 Å². The summed E-state index contributed by atoms with van der Waals surface area (Å²) >= 11 is 6.61. The number of halogens is 10. The molecule has 3 aliphatic rings. The number of ether oxygens (including phenoxy) is 1. The minimum atomic E-state index is -4.85. The zero-order valence-corrected chi connectivity index (χ0v) is 37.8. The Balaban J connectivity index is 1.25. The third kappa shape index (κ3) is 8.17. The van der Waals surface area contributed by atoms with Crippen LogP contribution >= 0.6 is 11.6 Å². The number of pyridine rings is 1. The summed E-state index contributed by atoms with van der Waals surface area (Å²) in [6.07, 6.45) is -7.93. The molecule has 362 valence electrons. The van der Waals surface area contributed by atoms with E-state index in [-0.39, 0.29) is 62.7 Å². The second kappa shape index (κ2) is 15.8. The molecule has 9 rings (SSSR count). The molecule has 26 heteroatoms. The van der Waals surface area contributed by atoms with Gasteiger partial charge in [-0.2, -0.15) is 32.1 Å². The van der Waals surface area contributed by atoms with Crippen LogP contribution in [0.5, 0.6) is 0 Å². The average Bonchev–Trinajstić information content (AvgIpc) is 3.74. The van der Waals surface area contributed by atoms with Gasteiger partial charge >= 0.3 is 6.18 Å². The predicted octanol–water partition coefficient (Wildman–Crippen LogP) is 7.35. The fourth-order valence-corrected chi connectivity index (χ4v) is 10.2. The van der Waals surface area contributed by atoms with E-state index in [0.717, 1.165) is 29.9 Å². The van der Waals surface area contributed by atoms with Gasteiger partial charge in [-0.3, -0.25) is 28.2 Å². The molecule has 2 aliphatic carbocycles. The highest BCUT2D eigenvalue weighted by Gasteiger charge is 2.67. The van der Waals surface area contributed by atoms with E-state index in [1.807, 2.05) is 0 Å². The molecule has 0 radical (unpaired) electrons. The number of anilines is 2. The summed E-state index contributed by atoms with van der Waals surface area (Å²) in [5, 5.41) is 10.2. The number of hydrogen-bond donors (Lipinski definition) is 2. The van der Waals surface area contributed by atoms with E-state index in [9.17, 15) is 43.9 Å². The van der Waals surface area contributed by atoms with Crippen LogP contribution in [0.15, 0.2) is 47.3 Å². The molecule has 0 spiro atoms. The monoisotopic (exact) mass is 1000 g/mol. The van der Waals surface area contributed by atoms with Crippen molar-refractivity contribution >= 4 is 61.1 Å². The Morgan fingerprint density at radius 3 is 2.35 bits per heavy atom. The number of fused-ring (bicyclic) bond motifs is 5. The second-order valence-corrected chi connectivity index (χ2v) is 20.2. The van der Waals surface area contributed by atoms with Crippen LogP contribution < -0.4 is 20.5 Å². The van der Waals surface area contributed by atoms with Gasteiger partial charge in [-0.05, 0) is 75.1 Å². The lowest BCUT2D eigenvalue weighted by Crippen LogP contribution is -2.64. The zero-order chi connectivity index (χ0) is 49.4. The van der Waals surface area contributed by atoms with E-state index >= 15 is 13.6 Å². The first-order valence-corrected chi connectivity index (χ1v) is 22.9.